The number of Topliss-reactive ketones (excluding diaryl/α,β-unsaturated/α-hetero) is 1. The molecule has 0 atom stereocenters. The van der Waals surface area contributed by atoms with E-state index in [9.17, 15) is 9.59 Å². The quantitative estimate of drug-likeness (QED) is 0.208. The molecule has 1 aromatic heterocycles. The number of fused-ring (bicyclic) bond motifs is 1. The van der Waals surface area contributed by atoms with Crippen LogP contribution in [0.25, 0.3) is 16.6 Å². The van der Waals surface area contributed by atoms with Crippen LogP contribution >= 0.6 is 27.7 Å². The molecule has 150 valence electrons. The number of thioether (sulfide) groups is 1. The molecule has 0 radical (unpaired) electrons. The van der Waals surface area contributed by atoms with Gasteiger partial charge in [0.2, 0.25) is 0 Å². The average Bonchev–Trinajstić information content (AvgIpc) is 2.73. The number of aromatic nitrogens is 2. The van der Waals surface area contributed by atoms with Gasteiger partial charge in [-0.15, -0.1) is 0 Å². The van der Waals surface area contributed by atoms with Gasteiger partial charge in [0.1, 0.15) is 0 Å². The molecule has 4 rings (SSSR count). The minimum atomic E-state index is -0.133. The summed E-state index contributed by atoms with van der Waals surface area (Å²) >= 11 is 4.67. The smallest absolute Gasteiger partial charge is 0.266 e. The van der Waals surface area contributed by atoms with Gasteiger partial charge in [-0.1, -0.05) is 69.7 Å². The van der Waals surface area contributed by atoms with Crippen molar-refractivity contribution in [1.29, 1.82) is 0 Å². The SMILES string of the molecule is Cc1ccc(-n2c(SCC(=O)c3ccc(Br)cc3)nc3ccccc3c2=O)c(C)c1. The molecule has 0 unspecified atom stereocenters. The first kappa shape index (κ1) is 20.6. The van der Waals surface area contributed by atoms with Gasteiger partial charge in [0.05, 0.1) is 22.3 Å². The van der Waals surface area contributed by atoms with E-state index in [1.807, 2.05) is 62.4 Å². The maximum atomic E-state index is 13.4. The predicted octanol–water partition coefficient (Wildman–Crippen LogP) is 5.74. The van der Waals surface area contributed by atoms with E-state index in [4.69, 9.17) is 4.98 Å². The van der Waals surface area contributed by atoms with Gasteiger partial charge in [-0.2, -0.15) is 0 Å². The van der Waals surface area contributed by atoms with Crippen LogP contribution in [0.1, 0.15) is 21.5 Å². The van der Waals surface area contributed by atoms with E-state index in [0.717, 1.165) is 21.3 Å². The van der Waals surface area contributed by atoms with Gasteiger partial charge in [-0.05, 0) is 49.7 Å². The number of halogens is 1. The van der Waals surface area contributed by atoms with E-state index in [-0.39, 0.29) is 17.1 Å². The lowest BCUT2D eigenvalue weighted by Crippen LogP contribution is -2.23. The molecule has 0 aliphatic carbocycles. The summed E-state index contributed by atoms with van der Waals surface area (Å²) in [6, 6.07) is 20.5. The summed E-state index contributed by atoms with van der Waals surface area (Å²) in [7, 11) is 0. The van der Waals surface area contributed by atoms with Gasteiger partial charge in [-0.3, -0.25) is 14.2 Å². The molecule has 4 nitrogen and oxygen atoms in total. The highest BCUT2D eigenvalue weighted by Gasteiger charge is 2.16. The number of aryl methyl sites for hydroxylation is 2. The van der Waals surface area contributed by atoms with Crippen molar-refractivity contribution in [2.45, 2.75) is 19.0 Å². The Labute approximate surface area is 187 Å². The molecule has 0 saturated carbocycles. The van der Waals surface area contributed by atoms with E-state index < -0.39 is 0 Å². The Morgan fingerprint density at radius 1 is 1.03 bits per heavy atom. The monoisotopic (exact) mass is 478 g/mol. The van der Waals surface area contributed by atoms with Crippen molar-refractivity contribution in [2.24, 2.45) is 0 Å². The molecule has 0 saturated heterocycles. The highest BCUT2D eigenvalue weighted by Crippen LogP contribution is 2.24. The van der Waals surface area contributed by atoms with Crippen molar-refractivity contribution in [2.75, 3.05) is 5.75 Å². The number of rotatable bonds is 5. The minimum Gasteiger partial charge on any atom is -0.293 e. The second-order valence-electron chi connectivity index (χ2n) is 7.06. The van der Waals surface area contributed by atoms with Crippen LogP contribution in [0, 0.1) is 13.8 Å². The minimum absolute atomic E-state index is 0.0120. The first-order valence-corrected chi connectivity index (χ1v) is 11.2. The van der Waals surface area contributed by atoms with Crippen molar-refractivity contribution in [3.05, 3.63) is 98.2 Å². The Balaban J connectivity index is 1.78. The van der Waals surface area contributed by atoms with Crippen LogP contribution in [0.5, 0.6) is 0 Å². The van der Waals surface area contributed by atoms with Gasteiger partial charge in [0.25, 0.3) is 5.56 Å². The fraction of sp³-hybridized carbons (Fsp3) is 0.125. The van der Waals surface area contributed by atoms with Crippen molar-refractivity contribution in [3.8, 4) is 5.69 Å². The third-order valence-electron chi connectivity index (χ3n) is 4.84. The fourth-order valence-corrected chi connectivity index (χ4v) is 4.49. The molecule has 4 aromatic rings. The number of para-hydroxylation sites is 1. The largest absolute Gasteiger partial charge is 0.293 e. The van der Waals surface area contributed by atoms with Crippen LogP contribution in [-0.2, 0) is 0 Å². The Kier molecular flexibility index (Phi) is 5.88. The van der Waals surface area contributed by atoms with Crippen molar-refractivity contribution in [3.63, 3.8) is 0 Å². The van der Waals surface area contributed by atoms with E-state index in [2.05, 4.69) is 15.9 Å². The van der Waals surface area contributed by atoms with Crippen LogP contribution in [0.4, 0.5) is 0 Å². The van der Waals surface area contributed by atoms with Gasteiger partial charge in [0.15, 0.2) is 10.9 Å². The zero-order chi connectivity index (χ0) is 21.3. The molecule has 0 spiro atoms. The van der Waals surface area contributed by atoms with Crippen LogP contribution in [-0.4, -0.2) is 21.1 Å². The Bertz CT molecular complexity index is 1310. The van der Waals surface area contributed by atoms with E-state index in [1.165, 1.54) is 11.8 Å². The molecule has 0 bridgehead atoms. The maximum Gasteiger partial charge on any atom is 0.266 e. The van der Waals surface area contributed by atoms with Crippen LogP contribution in [0.2, 0.25) is 0 Å². The van der Waals surface area contributed by atoms with Crippen LogP contribution < -0.4 is 5.56 Å². The number of benzene rings is 3. The Morgan fingerprint density at radius 2 is 1.77 bits per heavy atom. The van der Waals surface area contributed by atoms with Crippen LogP contribution in [0.15, 0.2) is 81.2 Å². The highest BCUT2D eigenvalue weighted by molar-refractivity contribution is 9.10. The average molecular weight is 479 g/mol. The van der Waals surface area contributed by atoms with Gasteiger partial charge in [-0.25, -0.2) is 4.98 Å². The topological polar surface area (TPSA) is 52.0 Å². The zero-order valence-electron chi connectivity index (χ0n) is 16.6. The molecular weight excluding hydrogens is 460 g/mol. The van der Waals surface area contributed by atoms with E-state index in [1.54, 1.807) is 22.8 Å². The Hall–Kier alpha value is -2.70. The summed E-state index contributed by atoms with van der Waals surface area (Å²) < 4.78 is 2.54. The number of carbonyl (C=O) groups excluding carboxylic acids is 1. The zero-order valence-corrected chi connectivity index (χ0v) is 19.0. The molecule has 0 amide bonds. The molecule has 1 heterocycles. The third-order valence-corrected chi connectivity index (χ3v) is 6.30. The number of carbonyl (C=O) groups is 1. The summed E-state index contributed by atoms with van der Waals surface area (Å²) in [5.74, 6) is 0.180. The lowest BCUT2D eigenvalue weighted by molar-refractivity contribution is 0.102. The van der Waals surface area contributed by atoms with Crippen molar-refractivity contribution in [1.82, 2.24) is 9.55 Å². The Morgan fingerprint density at radius 3 is 2.50 bits per heavy atom. The third kappa shape index (κ3) is 4.11. The number of ketones is 1. The first-order chi connectivity index (χ1) is 14.4. The van der Waals surface area contributed by atoms with Crippen molar-refractivity contribution < 1.29 is 4.79 Å². The second kappa shape index (κ2) is 8.58. The van der Waals surface area contributed by atoms with Gasteiger partial charge in [0, 0.05) is 10.0 Å². The van der Waals surface area contributed by atoms with Gasteiger partial charge < -0.3 is 0 Å². The molecule has 6 heteroatoms. The summed E-state index contributed by atoms with van der Waals surface area (Å²) in [5.41, 5.74) is 4.01. The molecule has 0 fully saturated rings. The normalized spacial score (nSPS) is 11.0. The number of nitrogens with zero attached hydrogens (tertiary/aromatic N) is 2. The summed E-state index contributed by atoms with van der Waals surface area (Å²) in [6.45, 7) is 4.00. The molecule has 30 heavy (non-hydrogen) atoms. The fourth-order valence-electron chi connectivity index (χ4n) is 3.33. The number of hydrogen-bond donors (Lipinski definition) is 0. The molecule has 0 N–H and O–H groups in total. The first-order valence-electron chi connectivity index (χ1n) is 9.45. The predicted molar refractivity (Wildman–Crippen MR) is 126 cm³/mol. The lowest BCUT2D eigenvalue weighted by atomic mass is 10.1. The van der Waals surface area contributed by atoms with Crippen molar-refractivity contribution >= 4 is 44.4 Å². The van der Waals surface area contributed by atoms with Crippen LogP contribution in [0.3, 0.4) is 0 Å². The van der Waals surface area contributed by atoms with E-state index in [0.29, 0.717) is 21.6 Å². The maximum absolute atomic E-state index is 13.4. The standard InChI is InChI=1S/C24H19BrN2O2S/c1-15-7-12-21(16(2)13-15)27-23(29)19-5-3-4-6-20(19)26-24(27)30-14-22(28)17-8-10-18(25)11-9-17/h3-13H,14H2,1-2H3. The summed E-state index contributed by atoms with van der Waals surface area (Å²) in [4.78, 5) is 30.8. The number of hydrogen-bond acceptors (Lipinski definition) is 4. The second-order valence-corrected chi connectivity index (χ2v) is 8.92. The lowest BCUT2D eigenvalue weighted by Gasteiger charge is -2.15. The van der Waals surface area contributed by atoms with Gasteiger partial charge >= 0.3 is 0 Å². The molecule has 0 aliphatic rings. The van der Waals surface area contributed by atoms with E-state index >= 15 is 0 Å². The summed E-state index contributed by atoms with van der Waals surface area (Å²) in [5, 5.41) is 1.07. The molecule has 3 aromatic carbocycles. The summed E-state index contributed by atoms with van der Waals surface area (Å²) in [6.07, 6.45) is 0. The highest BCUT2D eigenvalue weighted by atomic mass is 79.9. The molecule has 0 aliphatic heterocycles. The molecular formula is C24H19BrN2O2S.